The van der Waals surface area contributed by atoms with Gasteiger partial charge in [-0.1, -0.05) is 0 Å². The van der Waals surface area contributed by atoms with Gasteiger partial charge < -0.3 is 25.9 Å². The van der Waals surface area contributed by atoms with Gasteiger partial charge in [0.2, 0.25) is 0 Å². The van der Waals surface area contributed by atoms with Crippen LogP contribution in [0.3, 0.4) is 0 Å². The Morgan fingerprint density at radius 2 is 0.850 bits per heavy atom. The van der Waals surface area contributed by atoms with E-state index in [0.717, 1.165) is 0 Å². The van der Waals surface area contributed by atoms with Gasteiger partial charge in [0.1, 0.15) is 0 Å². The van der Waals surface area contributed by atoms with Gasteiger partial charge in [0, 0.05) is 6.42 Å². The lowest BCUT2D eigenvalue weighted by Gasteiger charge is -2.37. The molecule has 0 bridgehead atoms. The molecule has 0 aliphatic carbocycles. The van der Waals surface area contributed by atoms with Crippen molar-refractivity contribution in [1.82, 2.24) is 0 Å². The van der Waals surface area contributed by atoms with E-state index < -0.39 is 0 Å². The fourth-order valence-corrected chi connectivity index (χ4v) is 4.19. The largest absolute Gasteiger partial charge is 1.00 e. The molecule has 0 aromatic heterocycles. The zero-order chi connectivity index (χ0) is 13.6. The molecule has 0 amide bonds. The maximum absolute atomic E-state index is 2.51. The van der Waals surface area contributed by atoms with Gasteiger partial charge in [-0.3, -0.25) is 0 Å². The molecule has 0 aromatic rings. The molecule has 2 rings (SSSR count). The lowest BCUT2D eigenvalue weighted by molar-refractivity contribution is -0.927. The summed E-state index contributed by atoms with van der Waals surface area (Å²) in [4.78, 5) is 0. The first-order valence-electron chi connectivity index (χ1n) is 8.79. The third-order valence-electron chi connectivity index (χ3n) is 5.69. The number of quaternary nitrogens is 2. The Bertz CT molecular complexity index is 226. The van der Waals surface area contributed by atoms with Gasteiger partial charge in [-0.15, -0.1) is 0 Å². The maximum Gasteiger partial charge on any atom is 0.0838 e. The van der Waals surface area contributed by atoms with E-state index in [9.17, 15) is 0 Å². The second kappa shape index (κ2) is 8.75. The highest BCUT2D eigenvalue weighted by Crippen LogP contribution is 2.19. The Morgan fingerprint density at radius 3 is 1.15 bits per heavy atom. The topological polar surface area (TPSA) is 0 Å². The van der Waals surface area contributed by atoms with Crippen molar-refractivity contribution < 1.29 is 25.9 Å². The first-order valence-corrected chi connectivity index (χ1v) is 8.79. The Hall–Kier alpha value is 0.400. The van der Waals surface area contributed by atoms with Crippen molar-refractivity contribution >= 4 is 0 Å². The molecular formula is C17H36BrN2+. The van der Waals surface area contributed by atoms with E-state index in [-0.39, 0.29) is 17.0 Å². The van der Waals surface area contributed by atoms with E-state index in [2.05, 4.69) is 14.1 Å². The summed E-state index contributed by atoms with van der Waals surface area (Å²) >= 11 is 0. The van der Waals surface area contributed by atoms with Gasteiger partial charge in [-0.2, -0.15) is 0 Å². The normalized spacial score (nSPS) is 26.1. The van der Waals surface area contributed by atoms with Crippen molar-refractivity contribution in [1.29, 1.82) is 0 Å². The molecule has 20 heavy (non-hydrogen) atoms. The minimum atomic E-state index is 0. The Balaban J connectivity index is 0.00000200. The molecule has 0 atom stereocenters. The van der Waals surface area contributed by atoms with E-state index in [4.69, 9.17) is 0 Å². The molecule has 120 valence electrons. The van der Waals surface area contributed by atoms with Crippen LogP contribution in [0.5, 0.6) is 0 Å². The molecular weight excluding hydrogens is 312 g/mol. The van der Waals surface area contributed by atoms with Crippen molar-refractivity contribution in [3.8, 4) is 0 Å². The maximum atomic E-state index is 2.51. The van der Waals surface area contributed by atoms with Crippen LogP contribution >= 0.6 is 0 Å². The molecule has 0 spiro atoms. The first kappa shape index (κ1) is 18.4. The summed E-state index contributed by atoms with van der Waals surface area (Å²) in [6.45, 7) is 8.59. The van der Waals surface area contributed by atoms with E-state index in [1.165, 1.54) is 106 Å². The highest BCUT2D eigenvalue weighted by Gasteiger charge is 2.27. The zero-order valence-electron chi connectivity index (χ0n) is 13.9. The van der Waals surface area contributed by atoms with Gasteiger partial charge in [0.05, 0.1) is 53.4 Å². The van der Waals surface area contributed by atoms with Crippen molar-refractivity contribution in [2.75, 3.05) is 53.4 Å². The van der Waals surface area contributed by atoms with E-state index >= 15 is 0 Å². The molecule has 3 heteroatoms. The Labute approximate surface area is 137 Å². The minimum Gasteiger partial charge on any atom is -1.00 e. The Morgan fingerprint density at radius 1 is 0.550 bits per heavy atom. The summed E-state index contributed by atoms with van der Waals surface area (Å²) < 4.78 is 2.72. The number of nitrogens with zero attached hydrogens (tertiary/aromatic N) is 2. The van der Waals surface area contributed by atoms with Crippen LogP contribution in [0.15, 0.2) is 0 Å². The van der Waals surface area contributed by atoms with Crippen LogP contribution < -0.4 is 17.0 Å². The number of hydrogen-bond acceptors (Lipinski definition) is 0. The molecule has 0 aromatic carbocycles. The average Bonchev–Trinajstić information content (AvgIpc) is 2.71. The van der Waals surface area contributed by atoms with Crippen LogP contribution in [0.4, 0.5) is 0 Å². The summed E-state index contributed by atoms with van der Waals surface area (Å²) in [6, 6.07) is 0. The van der Waals surface area contributed by atoms with Crippen LogP contribution in [0, 0.1) is 0 Å². The molecule has 0 unspecified atom stereocenters. The van der Waals surface area contributed by atoms with E-state index in [1.54, 1.807) is 0 Å². The van der Waals surface area contributed by atoms with Crippen LogP contribution in [0.1, 0.15) is 57.8 Å². The van der Waals surface area contributed by atoms with E-state index in [1.807, 2.05) is 0 Å². The van der Waals surface area contributed by atoms with Crippen LogP contribution in [0.2, 0.25) is 0 Å². The van der Waals surface area contributed by atoms with Crippen molar-refractivity contribution in [2.24, 2.45) is 0 Å². The molecule has 0 N–H and O–H groups in total. The lowest BCUT2D eigenvalue weighted by atomic mass is 10.2. The van der Waals surface area contributed by atoms with Gasteiger partial charge in [-0.05, 0) is 51.4 Å². The molecule has 2 heterocycles. The fourth-order valence-electron chi connectivity index (χ4n) is 4.19. The highest BCUT2D eigenvalue weighted by molar-refractivity contribution is 4.54. The first-order chi connectivity index (χ1) is 9.12. The van der Waals surface area contributed by atoms with Crippen molar-refractivity contribution in [3.63, 3.8) is 0 Å². The smallest absolute Gasteiger partial charge is 0.0838 e. The lowest BCUT2D eigenvalue weighted by Crippen LogP contribution is -3.00. The summed E-state index contributed by atoms with van der Waals surface area (Å²) in [7, 11) is 5.02. The second-order valence-electron chi connectivity index (χ2n) is 7.76. The van der Waals surface area contributed by atoms with Gasteiger partial charge in [0.15, 0.2) is 0 Å². The zero-order valence-corrected chi connectivity index (χ0v) is 15.5. The van der Waals surface area contributed by atoms with Gasteiger partial charge in [-0.25, -0.2) is 0 Å². The predicted octanol–water partition coefficient (Wildman–Crippen LogP) is 0.422. The number of rotatable bonds is 4. The summed E-state index contributed by atoms with van der Waals surface area (Å²) in [5, 5.41) is 0. The summed E-state index contributed by atoms with van der Waals surface area (Å²) in [5.41, 5.74) is 0. The van der Waals surface area contributed by atoms with E-state index in [0.29, 0.717) is 0 Å². The molecule has 2 aliphatic rings. The molecule has 2 nitrogen and oxygen atoms in total. The molecule has 0 radical (unpaired) electrons. The van der Waals surface area contributed by atoms with Crippen LogP contribution in [-0.4, -0.2) is 62.3 Å². The van der Waals surface area contributed by atoms with Crippen molar-refractivity contribution in [2.45, 2.75) is 57.8 Å². The quantitative estimate of drug-likeness (QED) is 0.646. The SMILES string of the molecule is C[N+]1(CCC[N+]2(C)CCCCCC2)CCCCCC1.[Br-]. The average molecular weight is 348 g/mol. The second-order valence-corrected chi connectivity index (χ2v) is 7.76. The van der Waals surface area contributed by atoms with Crippen LogP contribution in [-0.2, 0) is 0 Å². The van der Waals surface area contributed by atoms with Crippen molar-refractivity contribution in [3.05, 3.63) is 0 Å². The van der Waals surface area contributed by atoms with Crippen LogP contribution in [0.25, 0.3) is 0 Å². The van der Waals surface area contributed by atoms with Gasteiger partial charge >= 0.3 is 0 Å². The minimum absolute atomic E-state index is 0. The number of halogens is 1. The number of hydrogen-bond donors (Lipinski definition) is 0. The number of likely N-dealkylation sites (tertiary alicyclic amines) is 2. The fraction of sp³-hybridized carbons (Fsp3) is 1.00. The molecule has 2 aliphatic heterocycles. The Kier molecular flexibility index (Phi) is 8.07. The van der Waals surface area contributed by atoms with Gasteiger partial charge in [0.25, 0.3) is 0 Å². The highest BCUT2D eigenvalue weighted by atomic mass is 79.9. The third-order valence-corrected chi connectivity index (χ3v) is 5.69. The third kappa shape index (κ3) is 6.03. The molecule has 0 saturated carbocycles. The monoisotopic (exact) mass is 347 g/mol. The molecule has 2 fully saturated rings. The predicted molar refractivity (Wildman–Crippen MR) is 83.1 cm³/mol. The summed E-state index contributed by atoms with van der Waals surface area (Å²) in [5.74, 6) is 0. The molecule has 2 saturated heterocycles. The standard InChI is InChI=1S/C17H36N2.BrH/c1-18(12-7-3-4-8-13-18)16-11-17-19(2)14-9-5-6-10-15-19;/h3-17H2,1-2H3;1H/q+2;/p-1. The summed E-state index contributed by atoms with van der Waals surface area (Å²) in [6.07, 6.45) is 13.2.